The second kappa shape index (κ2) is 10.1. The first-order chi connectivity index (χ1) is 18.5. The number of hydrogen-bond donors (Lipinski definition) is 3. The van der Waals surface area contributed by atoms with Gasteiger partial charge in [-0.2, -0.15) is 5.10 Å². The zero-order chi connectivity index (χ0) is 27.9. The van der Waals surface area contributed by atoms with Crippen LogP contribution in [0.2, 0.25) is 0 Å². The minimum atomic E-state index is -0.679. The summed E-state index contributed by atoms with van der Waals surface area (Å²) in [4.78, 5) is 31.8. The Kier molecular flexibility index (Phi) is 6.86. The number of nitrogens with one attached hydrogen (secondary N) is 2. The molecule has 0 fully saturated rings. The lowest BCUT2D eigenvalue weighted by Gasteiger charge is -2.38. The number of nitrogens with zero attached hydrogens (tertiary/aromatic N) is 3. The van der Waals surface area contributed by atoms with E-state index in [1.165, 1.54) is 12.1 Å². The van der Waals surface area contributed by atoms with Crippen molar-refractivity contribution < 1.29 is 19.1 Å². The molecule has 4 aromatic rings. The van der Waals surface area contributed by atoms with Crippen LogP contribution in [0, 0.1) is 12.7 Å². The third-order valence-corrected chi connectivity index (χ3v) is 7.06. The van der Waals surface area contributed by atoms with Gasteiger partial charge in [0.15, 0.2) is 5.69 Å². The molecular weight excluding hydrogens is 497 g/mol. The number of hydrogen-bond acceptors (Lipinski definition) is 4. The predicted molar refractivity (Wildman–Crippen MR) is 146 cm³/mol. The molecule has 5 rings (SSSR count). The quantitative estimate of drug-likeness (QED) is 0.329. The Morgan fingerprint density at radius 1 is 1.18 bits per heavy atom. The van der Waals surface area contributed by atoms with Gasteiger partial charge in [0.2, 0.25) is 0 Å². The summed E-state index contributed by atoms with van der Waals surface area (Å²) in [5.41, 5.74) is 4.74. The number of benzene rings is 2. The van der Waals surface area contributed by atoms with Gasteiger partial charge >= 0.3 is 0 Å². The normalized spacial score (nSPS) is 15.1. The number of carbonyl (C=O) groups is 2. The highest BCUT2D eigenvalue weighted by atomic mass is 19.1. The molecule has 2 amide bonds. The van der Waals surface area contributed by atoms with Crippen LogP contribution in [0.1, 0.15) is 75.8 Å². The molecule has 3 heterocycles. The van der Waals surface area contributed by atoms with Gasteiger partial charge < -0.3 is 20.3 Å². The summed E-state index contributed by atoms with van der Waals surface area (Å²) in [7, 11) is 0. The minimum absolute atomic E-state index is 0.149. The van der Waals surface area contributed by atoms with Crippen molar-refractivity contribution in [2.75, 3.05) is 11.9 Å². The van der Waals surface area contributed by atoms with E-state index in [0.29, 0.717) is 35.6 Å². The number of carbonyl (C=O) groups excluding carboxylic acids is 2. The Labute approximate surface area is 226 Å². The van der Waals surface area contributed by atoms with Gasteiger partial charge in [-0.05, 0) is 60.9 Å². The predicted octanol–water partition coefficient (Wildman–Crippen LogP) is 4.95. The standard InChI is InChI=1S/C30H32FN5O3/c1-18-12-25(32-14-18)29(39)35-16-24-26(28(38)33-23-7-5-6-21(13-23)19(2)37)34-36(27(24)30(3,4)17-35)15-20-8-10-22(31)11-9-20/h5-14,19,32,37H,15-17H2,1-4H3,(H,33,38). The van der Waals surface area contributed by atoms with Crippen molar-refractivity contribution in [2.24, 2.45) is 0 Å². The van der Waals surface area contributed by atoms with Crippen molar-refractivity contribution >= 4 is 17.5 Å². The number of rotatable bonds is 6. The zero-order valence-corrected chi connectivity index (χ0v) is 22.5. The summed E-state index contributed by atoms with van der Waals surface area (Å²) in [6, 6.07) is 15.0. The summed E-state index contributed by atoms with van der Waals surface area (Å²) in [6.07, 6.45) is 1.11. The van der Waals surface area contributed by atoms with Crippen molar-refractivity contribution in [1.82, 2.24) is 19.7 Å². The second-order valence-electron chi connectivity index (χ2n) is 10.9. The van der Waals surface area contributed by atoms with Gasteiger partial charge in [-0.25, -0.2) is 4.39 Å². The first-order valence-electron chi connectivity index (χ1n) is 12.9. The highest BCUT2D eigenvalue weighted by Gasteiger charge is 2.41. The van der Waals surface area contributed by atoms with Gasteiger partial charge in [-0.1, -0.05) is 38.1 Å². The van der Waals surface area contributed by atoms with Gasteiger partial charge in [0, 0.05) is 29.4 Å². The van der Waals surface area contributed by atoms with Crippen LogP contribution < -0.4 is 5.32 Å². The lowest BCUT2D eigenvalue weighted by Crippen LogP contribution is -2.46. The molecule has 2 aromatic heterocycles. The van der Waals surface area contributed by atoms with Gasteiger partial charge in [-0.15, -0.1) is 0 Å². The summed E-state index contributed by atoms with van der Waals surface area (Å²) < 4.78 is 15.3. The fourth-order valence-electron chi connectivity index (χ4n) is 5.27. The van der Waals surface area contributed by atoms with Gasteiger partial charge in [0.05, 0.1) is 24.9 Å². The van der Waals surface area contributed by atoms with Gasteiger partial charge in [-0.3, -0.25) is 14.3 Å². The zero-order valence-electron chi connectivity index (χ0n) is 22.5. The first kappa shape index (κ1) is 26.4. The summed E-state index contributed by atoms with van der Waals surface area (Å²) in [5, 5.41) is 17.6. The molecule has 2 aromatic carbocycles. The summed E-state index contributed by atoms with van der Waals surface area (Å²) >= 11 is 0. The molecule has 1 unspecified atom stereocenters. The number of fused-ring (bicyclic) bond motifs is 1. The number of halogens is 1. The Morgan fingerprint density at radius 3 is 2.59 bits per heavy atom. The number of aliphatic hydroxyl groups is 1. The summed E-state index contributed by atoms with van der Waals surface area (Å²) in [5.74, 6) is -0.883. The van der Waals surface area contributed by atoms with Crippen molar-refractivity contribution in [3.05, 3.63) is 106 Å². The van der Waals surface area contributed by atoms with E-state index in [4.69, 9.17) is 5.10 Å². The van der Waals surface area contributed by atoms with Gasteiger partial charge in [0.1, 0.15) is 11.5 Å². The maximum Gasteiger partial charge on any atom is 0.276 e. The number of anilines is 1. The van der Waals surface area contributed by atoms with E-state index >= 15 is 0 Å². The van der Waals surface area contributed by atoms with E-state index in [2.05, 4.69) is 10.3 Å². The topological polar surface area (TPSA) is 103 Å². The third-order valence-electron chi connectivity index (χ3n) is 7.06. The van der Waals surface area contributed by atoms with E-state index in [9.17, 15) is 19.1 Å². The number of H-pyrrole nitrogens is 1. The highest BCUT2D eigenvalue weighted by molar-refractivity contribution is 6.04. The smallest absolute Gasteiger partial charge is 0.276 e. The largest absolute Gasteiger partial charge is 0.389 e. The number of aromatic nitrogens is 3. The van der Waals surface area contributed by atoms with E-state index in [0.717, 1.165) is 16.8 Å². The van der Waals surface area contributed by atoms with Crippen molar-refractivity contribution in [1.29, 1.82) is 0 Å². The molecule has 1 atom stereocenters. The third kappa shape index (κ3) is 5.35. The molecule has 1 aliphatic heterocycles. The van der Waals surface area contributed by atoms with Gasteiger partial charge in [0.25, 0.3) is 11.8 Å². The van der Waals surface area contributed by atoms with Crippen LogP contribution >= 0.6 is 0 Å². The minimum Gasteiger partial charge on any atom is -0.389 e. The molecule has 202 valence electrons. The second-order valence-corrected chi connectivity index (χ2v) is 10.9. The average molecular weight is 530 g/mol. The monoisotopic (exact) mass is 529 g/mol. The van der Waals surface area contributed by atoms with E-state index in [1.807, 2.05) is 26.8 Å². The molecular formula is C30H32FN5O3. The Balaban J connectivity index is 1.55. The number of amides is 2. The Hall–Kier alpha value is -4.24. The maximum absolute atomic E-state index is 13.6. The highest BCUT2D eigenvalue weighted by Crippen LogP contribution is 2.36. The van der Waals surface area contributed by atoms with Crippen molar-refractivity contribution in [2.45, 2.75) is 52.3 Å². The van der Waals surface area contributed by atoms with Crippen LogP contribution in [0.5, 0.6) is 0 Å². The van der Waals surface area contributed by atoms with Crippen molar-refractivity contribution in [3.8, 4) is 0 Å². The number of aliphatic hydroxyl groups excluding tert-OH is 1. The fraction of sp³-hybridized carbons (Fsp3) is 0.300. The molecule has 39 heavy (non-hydrogen) atoms. The molecule has 0 radical (unpaired) electrons. The van der Waals surface area contributed by atoms with Crippen LogP contribution in [-0.4, -0.2) is 43.1 Å². The Morgan fingerprint density at radius 2 is 1.92 bits per heavy atom. The van der Waals surface area contributed by atoms with E-state index in [-0.39, 0.29) is 24.0 Å². The van der Waals surface area contributed by atoms with Crippen LogP contribution in [0.3, 0.4) is 0 Å². The molecule has 0 spiro atoms. The maximum atomic E-state index is 13.6. The number of aromatic amines is 1. The molecule has 3 N–H and O–H groups in total. The molecule has 0 aliphatic carbocycles. The lowest BCUT2D eigenvalue weighted by atomic mass is 9.82. The van der Waals surface area contributed by atoms with Crippen LogP contribution in [0.25, 0.3) is 0 Å². The average Bonchev–Trinajstić information content (AvgIpc) is 3.49. The van der Waals surface area contributed by atoms with E-state index in [1.54, 1.807) is 59.1 Å². The molecule has 0 bridgehead atoms. The summed E-state index contributed by atoms with van der Waals surface area (Å²) in [6.45, 7) is 8.64. The first-order valence-corrected chi connectivity index (χ1v) is 12.9. The van der Waals surface area contributed by atoms with Crippen LogP contribution in [0.15, 0.2) is 60.8 Å². The molecule has 8 nitrogen and oxygen atoms in total. The van der Waals surface area contributed by atoms with E-state index < -0.39 is 17.4 Å². The van der Waals surface area contributed by atoms with Crippen molar-refractivity contribution in [3.63, 3.8) is 0 Å². The molecule has 1 aliphatic rings. The molecule has 9 heteroatoms. The van der Waals surface area contributed by atoms with Crippen LogP contribution in [-0.2, 0) is 18.5 Å². The fourth-order valence-corrected chi connectivity index (χ4v) is 5.27. The lowest BCUT2D eigenvalue weighted by molar-refractivity contribution is 0.0674. The molecule has 0 saturated heterocycles. The molecule has 0 saturated carbocycles. The number of aryl methyl sites for hydroxylation is 1. The Bertz CT molecular complexity index is 1530. The van der Waals surface area contributed by atoms with Crippen LogP contribution in [0.4, 0.5) is 10.1 Å². The SMILES string of the molecule is Cc1c[nH]c(C(=O)N2Cc3c(C(=O)Nc4cccc(C(C)O)c4)nn(Cc4ccc(F)cc4)c3C(C)(C)C2)c1.